The number of ether oxygens (including phenoxy) is 1. The number of carbonyl (C=O) groups excluding carboxylic acids is 2. The van der Waals surface area contributed by atoms with Crippen LogP contribution in [0.5, 0.6) is 0 Å². The number of carbonyl (C=O) groups is 2. The van der Waals surface area contributed by atoms with Crippen molar-refractivity contribution in [3.8, 4) is 0 Å². The number of non-ortho nitro benzene ring substituents is 1. The van der Waals surface area contributed by atoms with Gasteiger partial charge in [0.15, 0.2) is 6.61 Å². The number of aryl methyl sites for hydroxylation is 2. The first-order valence-electron chi connectivity index (χ1n) is 7.15. The zero-order valence-electron chi connectivity index (χ0n) is 13.2. The van der Waals surface area contributed by atoms with Crippen LogP contribution in [0.3, 0.4) is 0 Å². The summed E-state index contributed by atoms with van der Waals surface area (Å²) >= 11 is 0. The van der Waals surface area contributed by atoms with Crippen molar-refractivity contribution in [1.82, 2.24) is 0 Å². The largest absolute Gasteiger partial charge is 0.452 e. The van der Waals surface area contributed by atoms with Crippen LogP contribution in [0, 0.1) is 24.0 Å². The van der Waals surface area contributed by atoms with Gasteiger partial charge in [-0.1, -0.05) is 17.2 Å². The first kappa shape index (κ1) is 17.1. The van der Waals surface area contributed by atoms with Gasteiger partial charge in [0, 0.05) is 17.8 Å². The highest BCUT2D eigenvalue weighted by molar-refractivity contribution is 5.95. The topological polar surface area (TPSA) is 98.5 Å². The van der Waals surface area contributed by atoms with Gasteiger partial charge in [0.1, 0.15) is 0 Å². The maximum absolute atomic E-state index is 11.9. The molecule has 0 saturated carbocycles. The van der Waals surface area contributed by atoms with Gasteiger partial charge in [-0.3, -0.25) is 14.9 Å². The highest BCUT2D eigenvalue weighted by Crippen LogP contribution is 2.15. The lowest BCUT2D eigenvalue weighted by atomic mass is 10.1. The molecule has 0 aromatic heterocycles. The molecule has 0 aliphatic rings. The molecular weight excluding hydrogens is 312 g/mol. The molecule has 0 heterocycles. The Morgan fingerprint density at radius 1 is 1.08 bits per heavy atom. The first-order valence-corrected chi connectivity index (χ1v) is 7.15. The van der Waals surface area contributed by atoms with Crippen molar-refractivity contribution in [3.63, 3.8) is 0 Å². The molecule has 0 atom stereocenters. The van der Waals surface area contributed by atoms with Crippen LogP contribution in [0.1, 0.15) is 21.5 Å². The van der Waals surface area contributed by atoms with E-state index in [-0.39, 0.29) is 5.69 Å². The van der Waals surface area contributed by atoms with E-state index in [4.69, 9.17) is 4.74 Å². The van der Waals surface area contributed by atoms with E-state index in [1.165, 1.54) is 24.3 Å². The van der Waals surface area contributed by atoms with Crippen LogP contribution in [-0.4, -0.2) is 23.4 Å². The summed E-state index contributed by atoms with van der Waals surface area (Å²) in [6, 6.07) is 10.7. The van der Waals surface area contributed by atoms with E-state index < -0.39 is 23.4 Å². The average Bonchev–Trinajstić information content (AvgIpc) is 2.52. The zero-order chi connectivity index (χ0) is 17.7. The van der Waals surface area contributed by atoms with E-state index in [1.54, 1.807) is 12.1 Å². The molecule has 2 aromatic rings. The third-order valence-electron chi connectivity index (χ3n) is 3.15. The summed E-state index contributed by atoms with van der Waals surface area (Å²) in [5.74, 6) is -1.11. The molecule has 124 valence electrons. The smallest absolute Gasteiger partial charge is 0.338 e. The van der Waals surface area contributed by atoms with Crippen molar-refractivity contribution in [3.05, 3.63) is 69.3 Å². The maximum atomic E-state index is 11.9. The molecule has 0 unspecified atom stereocenters. The first-order chi connectivity index (χ1) is 11.3. The third kappa shape index (κ3) is 4.64. The molecule has 0 spiro atoms. The zero-order valence-corrected chi connectivity index (χ0v) is 13.2. The van der Waals surface area contributed by atoms with Crippen LogP contribution in [0.2, 0.25) is 0 Å². The van der Waals surface area contributed by atoms with Gasteiger partial charge < -0.3 is 10.1 Å². The SMILES string of the molecule is Cc1cc(C)cc(C(=O)OCC(=O)Nc2ccc([N+](=O)[O-])cc2)c1. The van der Waals surface area contributed by atoms with Gasteiger partial charge >= 0.3 is 5.97 Å². The summed E-state index contributed by atoms with van der Waals surface area (Å²) in [7, 11) is 0. The van der Waals surface area contributed by atoms with Gasteiger partial charge in [0.2, 0.25) is 0 Å². The van der Waals surface area contributed by atoms with Gasteiger partial charge in [-0.15, -0.1) is 0 Å². The number of hydrogen-bond acceptors (Lipinski definition) is 5. The molecule has 0 aliphatic carbocycles. The molecule has 1 N–H and O–H groups in total. The Balaban J connectivity index is 1.90. The number of nitro benzene ring substituents is 1. The van der Waals surface area contributed by atoms with Crippen molar-refractivity contribution in [1.29, 1.82) is 0 Å². The summed E-state index contributed by atoms with van der Waals surface area (Å²) in [5, 5.41) is 13.1. The molecule has 0 aliphatic heterocycles. The summed E-state index contributed by atoms with van der Waals surface area (Å²) < 4.78 is 4.97. The number of anilines is 1. The van der Waals surface area contributed by atoms with Crippen molar-refractivity contribution in [2.75, 3.05) is 11.9 Å². The van der Waals surface area contributed by atoms with Gasteiger partial charge in [0.25, 0.3) is 11.6 Å². The molecule has 0 bridgehead atoms. The van der Waals surface area contributed by atoms with Gasteiger partial charge in [-0.05, 0) is 38.1 Å². The fourth-order valence-corrected chi connectivity index (χ4v) is 2.17. The van der Waals surface area contributed by atoms with E-state index in [0.717, 1.165) is 11.1 Å². The molecule has 0 saturated heterocycles. The lowest BCUT2D eigenvalue weighted by Crippen LogP contribution is -2.21. The van der Waals surface area contributed by atoms with E-state index in [1.807, 2.05) is 19.9 Å². The average molecular weight is 328 g/mol. The van der Waals surface area contributed by atoms with Crippen LogP contribution < -0.4 is 5.32 Å². The number of rotatable bonds is 5. The molecular formula is C17H16N2O5. The number of nitrogens with zero attached hydrogens (tertiary/aromatic N) is 1. The molecule has 24 heavy (non-hydrogen) atoms. The molecule has 2 rings (SSSR count). The van der Waals surface area contributed by atoms with Crippen molar-refractivity contribution in [2.45, 2.75) is 13.8 Å². The van der Waals surface area contributed by atoms with E-state index in [0.29, 0.717) is 11.3 Å². The quantitative estimate of drug-likeness (QED) is 0.517. The maximum Gasteiger partial charge on any atom is 0.338 e. The van der Waals surface area contributed by atoms with Gasteiger partial charge in [-0.25, -0.2) is 4.79 Å². The fraction of sp³-hybridized carbons (Fsp3) is 0.176. The Bertz CT molecular complexity index is 764. The standard InChI is InChI=1S/C17H16N2O5/c1-11-7-12(2)9-13(8-11)17(21)24-10-16(20)18-14-3-5-15(6-4-14)19(22)23/h3-9H,10H2,1-2H3,(H,18,20). The number of amides is 1. The fourth-order valence-electron chi connectivity index (χ4n) is 2.17. The molecule has 2 aromatic carbocycles. The second-order valence-electron chi connectivity index (χ2n) is 5.30. The van der Waals surface area contributed by atoms with Crippen LogP contribution in [0.15, 0.2) is 42.5 Å². The minimum Gasteiger partial charge on any atom is -0.452 e. The van der Waals surface area contributed by atoms with Crippen LogP contribution in [-0.2, 0) is 9.53 Å². The minimum absolute atomic E-state index is 0.0748. The summed E-state index contributed by atoms with van der Waals surface area (Å²) in [5.41, 5.74) is 2.55. The summed E-state index contributed by atoms with van der Waals surface area (Å²) in [4.78, 5) is 33.8. The predicted octanol–water partition coefficient (Wildman–Crippen LogP) is 3.01. The predicted molar refractivity (Wildman–Crippen MR) is 87.9 cm³/mol. The molecule has 0 radical (unpaired) electrons. The van der Waals surface area contributed by atoms with Crippen molar-refractivity contribution in [2.24, 2.45) is 0 Å². The van der Waals surface area contributed by atoms with E-state index >= 15 is 0 Å². The lowest BCUT2D eigenvalue weighted by Gasteiger charge is -2.07. The van der Waals surface area contributed by atoms with E-state index in [9.17, 15) is 19.7 Å². The molecule has 1 amide bonds. The molecule has 0 fully saturated rings. The Hall–Kier alpha value is -3.22. The Morgan fingerprint density at radius 2 is 1.67 bits per heavy atom. The lowest BCUT2D eigenvalue weighted by molar-refractivity contribution is -0.384. The van der Waals surface area contributed by atoms with Crippen molar-refractivity contribution >= 4 is 23.3 Å². The number of nitrogens with one attached hydrogen (secondary N) is 1. The molecule has 7 heteroatoms. The highest BCUT2D eigenvalue weighted by atomic mass is 16.6. The summed E-state index contributed by atoms with van der Waals surface area (Å²) in [6.45, 7) is 3.29. The number of benzene rings is 2. The second-order valence-corrected chi connectivity index (χ2v) is 5.30. The van der Waals surface area contributed by atoms with Crippen LogP contribution in [0.25, 0.3) is 0 Å². The van der Waals surface area contributed by atoms with Crippen LogP contribution in [0.4, 0.5) is 11.4 Å². The monoisotopic (exact) mass is 328 g/mol. The Morgan fingerprint density at radius 3 is 2.21 bits per heavy atom. The minimum atomic E-state index is -0.583. The van der Waals surface area contributed by atoms with Gasteiger partial charge in [0.05, 0.1) is 10.5 Å². The molecule has 7 nitrogen and oxygen atoms in total. The Kier molecular flexibility index (Phi) is 5.26. The normalized spacial score (nSPS) is 10.1. The summed E-state index contributed by atoms with van der Waals surface area (Å²) in [6.07, 6.45) is 0. The number of nitro groups is 1. The Labute approximate surface area is 138 Å². The van der Waals surface area contributed by atoms with Crippen molar-refractivity contribution < 1.29 is 19.2 Å². The second kappa shape index (κ2) is 7.36. The number of hydrogen-bond donors (Lipinski definition) is 1. The van der Waals surface area contributed by atoms with Gasteiger partial charge in [-0.2, -0.15) is 0 Å². The third-order valence-corrected chi connectivity index (χ3v) is 3.15. The van der Waals surface area contributed by atoms with E-state index in [2.05, 4.69) is 5.32 Å². The number of esters is 1. The van der Waals surface area contributed by atoms with Crippen LogP contribution >= 0.6 is 0 Å². The highest BCUT2D eigenvalue weighted by Gasteiger charge is 2.12.